The van der Waals surface area contributed by atoms with Gasteiger partial charge in [-0.15, -0.1) is 12.3 Å². The zero-order valence-corrected chi connectivity index (χ0v) is 23.1. The van der Waals surface area contributed by atoms with Gasteiger partial charge in [0, 0.05) is 31.8 Å². The number of hydrogen-bond acceptors (Lipinski definition) is 3. The molecule has 0 aromatic heterocycles. The molecule has 0 heterocycles. The van der Waals surface area contributed by atoms with Gasteiger partial charge in [-0.3, -0.25) is 4.79 Å². The van der Waals surface area contributed by atoms with Crippen LogP contribution in [0.1, 0.15) is 84.1 Å². The normalized spacial score (nSPS) is 30.8. The second kappa shape index (κ2) is 10.0. The number of allylic oxidation sites excluding steroid dienone is 4. The van der Waals surface area contributed by atoms with Crippen LogP contribution in [-0.2, 0) is 4.79 Å². The average molecular weight is 510 g/mol. The number of anilines is 1. The van der Waals surface area contributed by atoms with Crippen molar-refractivity contribution < 1.29 is 18.7 Å². The second-order valence-electron chi connectivity index (χ2n) is 12.8. The molecular weight excluding hydrogens is 468 g/mol. The fraction of sp³-hybridized carbons (Fsp3) is 0.594. The lowest BCUT2D eigenvalue weighted by atomic mass is 9.53. The van der Waals surface area contributed by atoms with Crippen LogP contribution in [0.5, 0.6) is 0 Å². The van der Waals surface area contributed by atoms with Gasteiger partial charge < -0.3 is 10.0 Å². The third-order valence-electron chi connectivity index (χ3n) is 9.00. The monoisotopic (exact) mass is 509 g/mol. The van der Waals surface area contributed by atoms with E-state index in [1.807, 2.05) is 20.8 Å². The SMILES string of the molecule is C#CC(C)(C)C.CN(C)c1c(F)cc(C2CC3(C)C(O)CCC3C3CCC4=CC(=O)CCC4=C23)cc1F. The summed E-state index contributed by atoms with van der Waals surface area (Å²) in [7, 11) is 3.28. The summed E-state index contributed by atoms with van der Waals surface area (Å²) < 4.78 is 29.9. The molecule has 0 aliphatic heterocycles. The number of hydrogen-bond donors (Lipinski definition) is 1. The average Bonchev–Trinajstić information content (AvgIpc) is 3.11. The van der Waals surface area contributed by atoms with Gasteiger partial charge in [0.05, 0.1) is 6.10 Å². The third kappa shape index (κ3) is 5.15. The van der Waals surface area contributed by atoms with Gasteiger partial charge in [0.25, 0.3) is 0 Å². The van der Waals surface area contributed by atoms with Crippen molar-refractivity contribution in [3.8, 4) is 12.3 Å². The van der Waals surface area contributed by atoms with Crippen LogP contribution in [0.2, 0.25) is 0 Å². The van der Waals surface area contributed by atoms with E-state index in [0.717, 1.165) is 37.7 Å². The largest absolute Gasteiger partial charge is 0.393 e. The lowest BCUT2D eigenvalue weighted by molar-refractivity contribution is -0.114. The molecule has 37 heavy (non-hydrogen) atoms. The minimum atomic E-state index is -0.549. The molecule has 5 heteroatoms. The Kier molecular flexibility index (Phi) is 7.47. The molecule has 5 atom stereocenters. The van der Waals surface area contributed by atoms with Crippen molar-refractivity contribution in [2.75, 3.05) is 19.0 Å². The number of rotatable bonds is 2. The highest BCUT2D eigenvalue weighted by Gasteiger charge is 2.56. The van der Waals surface area contributed by atoms with Crippen LogP contribution in [0.25, 0.3) is 0 Å². The predicted molar refractivity (Wildman–Crippen MR) is 145 cm³/mol. The van der Waals surface area contributed by atoms with Gasteiger partial charge in [-0.1, -0.05) is 12.5 Å². The standard InChI is InChI=1S/C26H31F2NO2.C6H10/c1-26-13-19(15-11-21(27)25(29(2)3)22(28)12-15)24-17-7-5-16(30)10-14(17)4-6-18(24)20(26)8-9-23(26)31;1-5-6(2,3)4/h10-12,18-20,23,31H,4-9,13H2,1-3H3;1H,2-4H3. The number of terminal acetylenes is 1. The number of nitrogens with zero attached hydrogens (tertiary/aromatic N) is 1. The highest BCUT2D eigenvalue weighted by atomic mass is 19.1. The van der Waals surface area contributed by atoms with Crippen molar-refractivity contribution in [1.82, 2.24) is 0 Å². The molecule has 4 aliphatic rings. The molecule has 0 spiro atoms. The minimum absolute atomic E-state index is 0.0220. The van der Waals surface area contributed by atoms with Gasteiger partial charge in [0.15, 0.2) is 5.78 Å². The predicted octanol–water partition coefficient (Wildman–Crippen LogP) is 6.96. The lowest BCUT2D eigenvalue weighted by Crippen LogP contribution is -2.45. The summed E-state index contributed by atoms with van der Waals surface area (Å²) >= 11 is 0. The van der Waals surface area contributed by atoms with Crippen molar-refractivity contribution in [2.24, 2.45) is 22.7 Å². The maximum atomic E-state index is 15.0. The summed E-state index contributed by atoms with van der Waals surface area (Å²) in [5.41, 5.74) is 4.12. The topological polar surface area (TPSA) is 40.5 Å². The third-order valence-corrected chi connectivity index (χ3v) is 9.00. The van der Waals surface area contributed by atoms with E-state index in [0.29, 0.717) is 30.2 Å². The molecule has 1 aromatic rings. The smallest absolute Gasteiger partial charge is 0.156 e. The first kappa shape index (κ1) is 27.6. The molecule has 0 saturated heterocycles. The number of carbonyl (C=O) groups is 1. The number of fused-ring (bicyclic) bond motifs is 4. The maximum Gasteiger partial charge on any atom is 0.156 e. The highest BCUT2D eigenvalue weighted by Crippen LogP contribution is 2.63. The Morgan fingerprint density at radius 1 is 1.08 bits per heavy atom. The molecule has 200 valence electrons. The zero-order chi connectivity index (χ0) is 27.3. The first-order valence-corrected chi connectivity index (χ1v) is 13.6. The van der Waals surface area contributed by atoms with Gasteiger partial charge >= 0.3 is 0 Å². The number of halogens is 2. The van der Waals surface area contributed by atoms with E-state index in [1.165, 1.54) is 28.2 Å². The Hall–Kier alpha value is -2.45. The van der Waals surface area contributed by atoms with E-state index >= 15 is 0 Å². The van der Waals surface area contributed by atoms with E-state index in [4.69, 9.17) is 6.42 Å². The minimum Gasteiger partial charge on any atom is -0.393 e. The Morgan fingerprint density at radius 2 is 1.70 bits per heavy atom. The number of aliphatic hydroxyl groups excluding tert-OH is 1. The van der Waals surface area contributed by atoms with E-state index in [9.17, 15) is 18.7 Å². The van der Waals surface area contributed by atoms with Crippen molar-refractivity contribution in [3.05, 3.63) is 52.1 Å². The number of benzene rings is 1. The first-order valence-electron chi connectivity index (χ1n) is 13.6. The Balaban J connectivity index is 0.000000480. The zero-order valence-electron chi connectivity index (χ0n) is 23.1. The van der Waals surface area contributed by atoms with Crippen LogP contribution in [0, 0.1) is 46.6 Å². The molecule has 0 bridgehead atoms. The molecule has 0 radical (unpaired) electrons. The van der Waals surface area contributed by atoms with E-state index in [-0.39, 0.29) is 34.3 Å². The van der Waals surface area contributed by atoms with Crippen molar-refractivity contribution >= 4 is 11.5 Å². The van der Waals surface area contributed by atoms with Crippen molar-refractivity contribution in [1.29, 1.82) is 0 Å². The molecule has 1 N–H and O–H groups in total. The molecule has 4 aliphatic carbocycles. The van der Waals surface area contributed by atoms with E-state index in [1.54, 1.807) is 20.2 Å². The molecule has 2 fully saturated rings. The molecule has 5 rings (SSSR count). The highest BCUT2D eigenvalue weighted by molar-refractivity contribution is 5.93. The Morgan fingerprint density at radius 3 is 2.27 bits per heavy atom. The quantitative estimate of drug-likeness (QED) is 0.438. The molecule has 1 aromatic carbocycles. The van der Waals surface area contributed by atoms with Crippen LogP contribution in [0.3, 0.4) is 0 Å². The van der Waals surface area contributed by atoms with E-state index < -0.39 is 11.6 Å². The molecular formula is C32H41F2NO2. The maximum absolute atomic E-state index is 15.0. The van der Waals surface area contributed by atoms with Crippen LogP contribution in [0.15, 0.2) is 34.9 Å². The lowest BCUT2D eigenvalue weighted by Gasteiger charge is -2.52. The fourth-order valence-electron chi connectivity index (χ4n) is 7.15. The van der Waals surface area contributed by atoms with Gasteiger partial charge in [-0.25, -0.2) is 8.78 Å². The van der Waals surface area contributed by atoms with Crippen LogP contribution < -0.4 is 4.90 Å². The summed E-state index contributed by atoms with van der Waals surface area (Å²) in [6.45, 7) is 8.19. The fourth-order valence-corrected chi connectivity index (χ4v) is 7.15. The Labute approximate surface area is 221 Å². The first-order chi connectivity index (χ1) is 17.3. The van der Waals surface area contributed by atoms with Gasteiger partial charge in [0.1, 0.15) is 17.3 Å². The summed E-state index contributed by atoms with van der Waals surface area (Å²) in [5.74, 6) is 2.24. The van der Waals surface area contributed by atoms with Crippen LogP contribution in [0.4, 0.5) is 14.5 Å². The Bertz CT molecular complexity index is 1160. The van der Waals surface area contributed by atoms with Gasteiger partial charge in [-0.05, 0) is 111 Å². The van der Waals surface area contributed by atoms with Gasteiger partial charge in [0.2, 0.25) is 0 Å². The summed E-state index contributed by atoms with van der Waals surface area (Å²) in [4.78, 5) is 13.5. The summed E-state index contributed by atoms with van der Waals surface area (Å²) in [5, 5.41) is 10.9. The summed E-state index contributed by atoms with van der Waals surface area (Å²) in [6, 6.07) is 2.98. The molecule has 5 unspecified atom stereocenters. The second-order valence-corrected chi connectivity index (χ2v) is 12.8. The summed E-state index contributed by atoms with van der Waals surface area (Å²) in [6.07, 6.45) is 12.0. The van der Waals surface area contributed by atoms with Gasteiger partial charge in [-0.2, -0.15) is 0 Å². The van der Waals surface area contributed by atoms with Crippen molar-refractivity contribution in [3.63, 3.8) is 0 Å². The molecule has 0 amide bonds. The van der Waals surface area contributed by atoms with E-state index in [2.05, 4.69) is 12.8 Å². The van der Waals surface area contributed by atoms with Crippen LogP contribution in [-0.4, -0.2) is 31.1 Å². The number of carbonyl (C=O) groups excluding carboxylic acids is 1. The van der Waals surface area contributed by atoms with Crippen LogP contribution >= 0.6 is 0 Å². The molecule has 3 nitrogen and oxygen atoms in total. The number of aliphatic hydroxyl groups is 1. The van der Waals surface area contributed by atoms with Crippen molar-refractivity contribution in [2.45, 2.75) is 84.7 Å². The number of ketones is 1. The molecule has 2 saturated carbocycles.